The van der Waals surface area contributed by atoms with E-state index in [-0.39, 0.29) is 0 Å². The average Bonchev–Trinajstić information content (AvgIpc) is 2.84. The molecule has 2 fully saturated rings. The fraction of sp³-hybridized carbons (Fsp3) is 1.00. The van der Waals surface area contributed by atoms with Gasteiger partial charge < -0.3 is 55.1 Å². The summed E-state index contributed by atoms with van der Waals surface area (Å²) in [5, 5.41) is 88.7. The van der Waals surface area contributed by atoms with E-state index in [4.69, 9.17) is 14.2 Å². The number of hydrogen-bond acceptors (Lipinski definition) is 11. The Morgan fingerprint density at radius 3 is 1.21 bits per heavy atom. The topological polar surface area (TPSA) is 190 Å². The third-order valence-electron chi connectivity index (χ3n) is 11.5. The normalized spacial score (nSPS) is 43.3. The Balaban J connectivity index is 3.52. The summed E-state index contributed by atoms with van der Waals surface area (Å²) < 4.78 is 20.8. The fourth-order valence-electron chi connectivity index (χ4n) is 9.06. The molecule has 2 saturated heterocycles. The van der Waals surface area contributed by atoms with Crippen LogP contribution in [0.15, 0.2) is 0 Å². The van der Waals surface area contributed by atoms with Crippen molar-refractivity contribution in [2.75, 3.05) is 13.2 Å². The molecule has 2 aliphatic heterocycles. The summed E-state index contributed by atoms with van der Waals surface area (Å²) in [6, 6.07) is 0. The maximum Gasteiger partial charge on any atom is 0.183 e. The van der Waals surface area contributed by atoms with E-state index in [9.17, 15) is 40.9 Å². The highest BCUT2D eigenvalue weighted by molar-refractivity contribution is 6.91. The molecule has 17 heteroatoms. The number of aliphatic hydroxyl groups is 8. The second-order valence-corrected chi connectivity index (χ2v) is 51.7. The third kappa shape index (κ3) is 5.42. The zero-order valence-corrected chi connectivity index (χ0v) is 38.5. The van der Waals surface area contributed by atoms with Crippen LogP contribution in [0.1, 0.15) is 0 Å². The van der Waals surface area contributed by atoms with Gasteiger partial charge in [0.25, 0.3) is 0 Å². The zero-order valence-electron chi connectivity index (χ0n) is 32.5. The molecule has 0 aromatic carbocycles. The van der Waals surface area contributed by atoms with Crippen molar-refractivity contribution < 1.29 is 55.1 Å². The second-order valence-electron chi connectivity index (χ2n) is 20.4. The van der Waals surface area contributed by atoms with E-state index in [1.165, 1.54) is 0 Å². The highest BCUT2D eigenvalue weighted by Crippen LogP contribution is 2.63. The van der Waals surface area contributed by atoms with Crippen molar-refractivity contribution in [1.29, 1.82) is 0 Å². The SMILES string of the molecule is C[Si](C)(C)[C@@]1(O[C@]2([Si](C)(C)C)[C@@H](CO)O[C@H](O)[C@@](O)([Si](C)(C)C)[C@]2(O)[Si](C)(C)C)O[C@H](CO)[C@H](O)[C@@](O)([Si](C)(C)C)[C@]1(O)[Si](C)(C)C. The Labute approximate surface area is 289 Å². The molecular weight excluding hydrogens is 705 g/mol. The van der Waals surface area contributed by atoms with Crippen molar-refractivity contribution in [3.8, 4) is 0 Å². The predicted octanol–water partition coefficient (Wildman–Crippen LogP) is 2.09. The molecule has 0 amide bonds. The van der Waals surface area contributed by atoms with Crippen LogP contribution in [0.4, 0.5) is 0 Å². The van der Waals surface area contributed by atoms with Gasteiger partial charge in [-0.25, -0.2) is 0 Å². The van der Waals surface area contributed by atoms with Gasteiger partial charge in [0.1, 0.15) is 52.5 Å². The summed E-state index contributed by atoms with van der Waals surface area (Å²) in [6.07, 6.45) is -6.32. The molecule has 2 rings (SSSR count). The standard InChI is InChI=1S/C30H70O11Si6/c1-42(2,3)25(35)23(33)21(19-31)40-30(47(16,17)18,29(25,38)46(13,14)15)41-27(44(7,8)9)22(20-32)39-24(34)26(36,43(4,5)6)28(27,37)45(10,11)12/h21-24,31-38H,19-20H2,1-18H3/t21-,22-,23+,24+,25-,26-,27+,28+,29+,30-/m1/s1. The minimum absolute atomic E-state index is 0.693. The van der Waals surface area contributed by atoms with Gasteiger partial charge in [0.2, 0.25) is 0 Å². The molecule has 10 atom stereocenters. The van der Waals surface area contributed by atoms with Gasteiger partial charge in [-0.3, -0.25) is 0 Å². The Morgan fingerprint density at radius 1 is 0.532 bits per heavy atom. The van der Waals surface area contributed by atoms with Gasteiger partial charge in [-0.05, 0) is 0 Å². The van der Waals surface area contributed by atoms with Crippen LogP contribution in [0.25, 0.3) is 0 Å². The van der Waals surface area contributed by atoms with E-state index in [0.29, 0.717) is 0 Å². The largest absolute Gasteiger partial charge is 0.394 e. The number of hydrogen-bond donors (Lipinski definition) is 8. The Kier molecular flexibility index (Phi) is 11.4. The predicted molar refractivity (Wildman–Crippen MR) is 202 cm³/mol. The van der Waals surface area contributed by atoms with Crippen LogP contribution < -0.4 is 0 Å². The van der Waals surface area contributed by atoms with Gasteiger partial charge in [-0.1, -0.05) is 118 Å². The molecule has 0 unspecified atom stereocenters. The highest BCUT2D eigenvalue weighted by atomic mass is 28.3. The molecule has 11 nitrogen and oxygen atoms in total. The molecule has 0 aromatic rings. The lowest BCUT2D eigenvalue weighted by Crippen LogP contribution is -3.00. The van der Waals surface area contributed by atoms with Crippen LogP contribution in [-0.4, -0.2) is 159 Å². The Hall–Kier alpha value is 0.861. The van der Waals surface area contributed by atoms with Gasteiger partial charge in [0, 0.05) is 0 Å². The first-order valence-electron chi connectivity index (χ1n) is 16.9. The summed E-state index contributed by atoms with van der Waals surface area (Å²) >= 11 is 0. The van der Waals surface area contributed by atoms with Crippen LogP contribution in [0.5, 0.6) is 0 Å². The summed E-state index contributed by atoms with van der Waals surface area (Å²) in [7, 11) is -19.1. The van der Waals surface area contributed by atoms with E-state index in [0.717, 1.165) is 0 Å². The van der Waals surface area contributed by atoms with Crippen molar-refractivity contribution in [2.24, 2.45) is 0 Å². The molecule has 2 aliphatic rings. The van der Waals surface area contributed by atoms with Crippen LogP contribution in [-0.2, 0) is 14.2 Å². The number of ether oxygens (including phenoxy) is 3. The van der Waals surface area contributed by atoms with Gasteiger partial charge in [-0.15, -0.1) is 0 Å². The minimum Gasteiger partial charge on any atom is -0.394 e. The number of aliphatic hydroxyl groups excluding tert-OH is 4. The Morgan fingerprint density at radius 2 is 0.936 bits per heavy atom. The van der Waals surface area contributed by atoms with Crippen molar-refractivity contribution in [2.45, 2.75) is 174 Å². The Bertz CT molecular complexity index is 1160. The third-order valence-corrected chi connectivity index (χ3v) is 29.7. The van der Waals surface area contributed by atoms with E-state index >= 15 is 0 Å². The number of rotatable bonds is 10. The lowest BCUT2D eigenvalue weighted by atomic mass is 9.93. The average molecular weight is 775 g/mol. The molecule has 0 spiro atoms. The first-order valence-corrected chi connectivity index (χ1v) is 37.9. The van der Waals surface area contributed by atoms with Crippen LogP contribution in [0, 0.1) is 0 Å². The molecule has 280 valence electrons. The van der Waals surface area contributed by atoms with Crippen LogP contribution in [0.3, 0.4) is 0 Å². The van der Waals surface area contributed by atoms with Crippen LogP contribution in [0.2, 0.25) is 118 Å². The van der Waals surface area contributed by atoms with Gasteiger partial charge in [0.05, 0.1) is 53.6 Å². The van der Waals surface area contributed by atoms with Crippen molar-refractivity contribution >= 4 is 48.4 Å². The lowest BCUT2D eigenvalue weighted by molar-refractivity contribution is -0.418. The molecule has 8 N–H and O–H groups in total. The molecule has 0 aliphatic carbocycles. The van der Waals surface area contributed by atoms with Crippen molar-refractivity contribution in [1.82, 2.24) is 0 Å². The van der Waals surface area contributed by atoms with Gasteiger partial charge in [-0.2, -0.15) is 0 Å². The summed E-state index contributed by atoms with van der Waals surface area (Å²) in [5.41, 5.74) is -2.14. The minimum atomic E-state index is -3.25. The zero-order chi connectivity index (χ0) is 37.8. The van der Waals surface area contributed by atoms with Gasteiger partial charge >= 0.3 is 0 Å². The molecule has 2 heterocycles. The molecule has 0 saturated carbocycles. The monoisotopic (exact) mass is 774 g/mol. The first kappa shape index (κ1) is 44.0. The summed E-state index contributed by atoms with van der Waals surface area (Å²) in [5.74, 6) is 0. The maximum atomic E-state index is 13.9. The van der Waals surface area contributed by atoms with Crippen molar-refractivity contribution in [3.63, 3.8) is 0 Å². The van der Waals surface area contributed by atoms with E-state index in [1.807, 2.05) is 118 Å². The van der Waals surface area contributed by atoms with Gasteiger partial charge in [0.15, 0.2) is 11.7 Å². The van der Waals surface area contributed by atoms with Crippen LogP contribution >= 0.6 is 0 Å². The molecule has 0 aromatic heterocycles. The molecule has 0 bridgehead atoms. The highest BCUT2D eigenvalue weighted by Gasteiger charge is 2.87. The molecule has 0 radical (unpaired) electrons. The molecule has 47 heavy (non-hydrogen) atoms. The summed E-state index contributed by atoms with van der Waals surface area (Å²) in [6.45, 7) is 32.5. The quantitative estimate of drug-likeness (QED) is 0.152. The van der Waals surface area contributed by atoms with E-state index < -0.39 is 118 Å². The first-order chi connectivity index (χ1) is 20.4. The van der Waals surface area contributed by atoms with Crippen molar-refractivity contribution in [3.05, 3.63) is 0 Å². The lowest BCUT2D eigenvalue weighted by Gasteiger charge is -2.76. The maximum absolute atomic E-state index is 13.9. The smallest absolute Gasteiger partial charge is 0.183 e. The van der Waals surface area contributed by atoms with E-state index in [2.05, 4.69) is 0 Å². The van der Waals surface area contributed by atoms with E-state index in [1.54, 1.807) is 0 Å². The molecular formula is C30H70O11Si6. The summed E-state index contributed by atoms with van der Waals surface area (Å²) in [4.78, 5) is 0. The second kappa shape index (κ2) is 12.2. The fourth-order valence-corrected chi connectivity index (χ4v) is 32.9.